The van der Waals surface area contributed by atoms with Crippen LogP contribution in [-0.2, 0) is 0 Å². The largest absolute Gasteiger partial charge is 0.177 e. The Morgan fingerprint density at radius 3 is 2.50 bits per heavy atom. The zero-order valence-electron chi connectivity index (χ0n) is 4.37. The summed E-state index contributed by atoms with van der Waals surface area (Å²) < 4.78 is 0.868. The van der Waals surface area contributed by atoms with Crippen molar-refractivity contribution >= 4 is 41.9 Å². The smallest absolute Gasteiger partial charge is 0.161 e. The molecule has 0 radical (unpaired) electrons. The summed E-state index contributed by atoms with van der Waals surface area (Å²) in [5.74, 6) is 0. The number of rotatable bonds is 2. The molecule has 0 aliphatic rings. The maximum atomic E-state index is 2.44. The van der Waals surface area contributed by atoms with Crippen LogP contribution in [0.5, 0.6) is 0 Å². The van der Waals surface area contributed by atoms with E-state index in [0.29, 0.717) is 0 Å². The van der Waals surface area contributed by atoms with Gasteiger partial charge < -0.3 is 0 Å². The second-order valence-corrected chi connectivity index (χ2v) is 3.70. The van der Waals surface area contributed by atoms with E-state index in [1.807, 2.05) is 0 Å². The fourth-order valence-corrected chi connectivity index (χ4v) is 1.02. The lowest BCUT2D eigenvalue weighted by atomic mass is 9.36. The minimum Gasteiger partial charge on any atom is -0.161 e. The molecule has 0 rings (SSSR count). The van der Waals surface area contributed by atoms with Crippen LogP contribution in [0.2, 0.25) is 13.0 Å². The summed E-state index contributed by atoms with van der Waals surface area (Å²) >= 11 is 2.44. The summed E-state index contributed by atoms with van der Waals surface area (Å²) in [4.78, 5) is 0. The Hall–Kier alpha value is 0.925. The van der Waals surface area contributed by atoms with Gasteiger partial charge in [-0.05, 0) is 0 Å². The van der Waals surface area contributed by atoms with E-state index in [2.05, 4.69) is 37.0 Å². The normalized spacial score (nSPS) is 7.67. The van der Waals surface area contributed by atoms with Gasteiger partial charge in [0.25, 0.3) is 0 Å². The summed E-state index contributed by atoms with van der Waals surface area (Å²) in [5, 5.41) is 0. The van der Waals surface area contributed by atoms with Crippen LogP contribution in [0.1, 0.15) is 0 Å². The quantitative estimate of drug-likeness (QED) is 0.425. The first kappa shape index (κ1) is 6.92. The molecule has 0 aromatic rings. The predicted molar refractivity (Wildman–Crippen MR) is 46.1 cm³/mol. The topological polar surface area (TPSA) is 0 Å². The Morgan fingerprint density at radius 1 is 2.00 bits per heavy atom. The summed E-state index contributed by atoms with van der Waals surface area (Å²) in [7, 11) is 3.58. The highest BCUT2D eigenvalue weighted by atomic mass is 127. The summed E-state index contributed by atoms with van der Waals surface area (Å²) in [6.45, 7) is 2.24. The molecular weight excluding hydrogens is 183 g/mol. The Labute approximate surface area is 55.0 Å². The lowest BCUT2D eigenvalue weighted by Gasteiger charge is -1.85. The molecule has 0 unspecified atom stereocenters. The number of hydrogen-bond donors (Lipinski definition) is 0. The molecule has 0 fully saturated rings. The van der Waals surface area contributed by atoms with Gasteiger partial charge >= 0.3 is 0 Å². The van der Waals surface area contributed by atoms with Crippen molar-refractivity contribution < 1.29 is 0 Å². The van der Waals surface area contributed by atoms with Crippen molar-refractivity contribution in [2.24, 2.45) is 0 Å². The van der Waals surface area contributed by atoms with Gasteiger partial charge in [0.2, 0.25) is 0 Å². The molecule has 4 heteroatoms. The van der Waals surface area contributed by atoms with E-state index in [4.69, 9.17) is 0 Å². The highest BCUT2D eigenvalue weighted by molar-refractivity contribution is 14.1. The van der Waals surface area contributed by atoms with E-state index in [9.17, 15) is 0 Å². The summed E-state index contributed by atoms with van der Waals surface area (Å²) in [5.41, 5.74) is 0. The van der Waals surface area contributed by atoms with E-state index >= 15 is 0 Å². The van der Waals surface area contributed by atoms with Crippen LogP contribution < -0.4 is 0 Å². The van der Waals surface area contributed by atoms with E-state index < -0.39 is 0 Å². The van der Waals surface area contributed by atoms with Gasteiger partial charge in [-0.1, -0.05) is 6.82 Å². The molecule has 0 atom stereocenters. The highest BCUT2D eigenvalue weighted by Gasteiger charge is 1.96. The molecule has 0 spiro atoms. The molecule has 0 amide bonds. The molecule has 6 heavy (non-hydrogen) atoms. The van der Waals surface area contributed by atoms with Crippen molar-refractivity contribution in [2.45, 2.75) is 13.0 Å². The van der Waals surface area contributed by atoms with Gasteiger partial charge in [0, 0.05) is 0 Å². The van der Waals surface area contributed by atoms with Gasteiger partial charge in [0.15, 0.2) is 4.46 Å². The fourth-order valence-electron chi connectivity index (χ4n) is 0.398. The van der Waals surface area contributed by atoms with E-state index in [1.165, 1.54) is 13.4 Å². The molecule has 0 saturated carbocycles. The average molecular weight is 191 g/mol. The van der Waals surface area contributed by atoms with Crippen LogP contribution in [0.25, 0.3) is 0 Å². The second kappa shape index (κ2) is 4.09. The Kier molecular flexibility index (Phi) is 4.72. The third-order valence-corrected chi connectivity index (χ3v) is 1.31. The molecule has 0 heterocycles. The molecule has 0 N–H and O–H groups in total. The molecule has 32 valence electrons. The Bertz CT molecular complexity index is 30.0. The maximum absolute atomic E-state index is 2.44. The molecule has 0 nitrogen and oxygen atoms in total. The van der Waals surface area contributed by atoms with Crippen LogP contribution in [-0.4, -0.2) is 19.5 Å². The van der Waals surface area contributed by atoms with Crippen molar-refractivity contribution in [1.82, 2.24) is 0 Å². The lowest BCUT2D eigenvalue weighted by molar-refractivity contribution is 2.10. The van der Waals surface area contributed by atoms with Crippen LogP contribution in [0, 0.1) is 0 Å². The van der Waals surface area contributed by atoms with Crippen molar-refractivity contribution in [1.29, 1.82) is 0 Å². The molecular formula is C2H8B3I. The van der Waals surface area contributed by atoms with E-state index in [-0.39, 0.29) is 0 Å². The van der Waals surface area contributed by atoms with Gasteiger partial charge in [0.05, 0.1) is 15.0 Å². The summed E-state index contributed by atoms with van der Waals surface area (Å²) in [6.07, 6.45) is 1.32. The van der Waals surface area contributed by atoms with Gasteiger partial charge in [-0.3, -0.25) is 0 Å². The maximum Gasteiger partial charge on any atom is 0.177 e. The first-order valence-corrected chi connectivity index (χ1v) is 3.66. The predicted octanol–water partition coefficient (Wildman–Crippen LogP) is -0.0152. The zero-order valence-corrected chi connectivity index (χ0v) is 6.53. The van der Waals surface area contributed by atoms with E-state index in [1.54, 1.807) is 0 Å². The number of hydrogen-bond acceptors (Lipinski definition) is 0. The van der Waals surface area contributed by atoms with Crippen LogP contribution >= 0.6 is 22.4 Å². The third-order valence-electron chi connectivity index (χ3n) is 0.686. The van der Waals surface area contributed by atoms with Crippen molar-refractivity contribution in [3.63, 3.8) is 0 Å². The minimum absolute atomic E-state index is 0.868. The van der Waals surface area contributed by atoms with Crippen LogP contribution in [0.3, 0.4) is 0 Å². The van der Waals surface area contributed by atoms with Crippen LogP contribution in [0.15, 0.2) is 0 Å². The standard InChI is InChI=1S/C2H8B3I/c1-5(6)4-2-3/h4H,2-3H2,1H3. The second-order valence-electron chi connectivity index (χ2n) is 1.57. The lowest BCUT2D eigenvalue weighted by Crippen LogP contribution is -2.07. The molecule has 0 aromatic carbocycles. The molecule has 0 bridgehead atoms. The van der Waals surface area contributed by atoms with Crippen LogP contribution in [0.4, 0.5) is 0 Å². The van der Waals surface area contributed by atoms with Gasteiger partial charge in [0.1, 0.15) is 0 Å². The zero-order chi connectivity index (χ0) is 4.99. The van der Waals surface area contributed by atoms with E-state index in [0.717, 1.165) is 4.46 Å². The Morgan fingerprint density at radius 2 is 2.50 bits per heavy atom. The SMILES string of the molecule is BCBB(C)I. The van der Waals surface area contributed by atoms with Crippen molar-refractivity contribution in [3.8, 4) is 0 Å². The number of halogens is 1. The summed E-state index contributed by atoms with van der Waals surface area (Å²) in [6, 6.07) is 0. The molecule has 0 aliphatic carbocycles. The first-order valence-electron chi connectivity index (χ1n) is 2.41. The van der Waals surface area contributed by atoms with Gasteiger partial charge in [-0.25, -0.2) is 0 Å². The van der Waals surface area contributed by atoms with Gasteiger partial charge in [-0.15, -0.1) is 6.22 Å². The van der Waals surface area contributed by atoms with Gasteiger partial charge in [-0.2, -0.15) is 22.4 Å². The third kappa shape index (κ3) is 4.92. The first-order chi connectivity index (χ1) is 2.77. The van der Waals surface area contributed by atoms with Crippen molar-refractivity contribution in [2.75, 3.05) is 0 Å². The monoisotopic (exact) mass is 192 g/mol. The minimum atomic E-state index is 0.868. The highest BCUT2D eigenvalue weighted by Crippen LogP contribution is 1.89. The fraction of sp³-hybridized carbons (Fsp3) is 1.00. The molecule has 0 saturated heterocycles. The molecule has 0 aromatic heterocycles. The average Bonchev–Trinajstić information content (AvgIpc) is 1.35. The molecule has 0 aliphatic heterocycles. The van der Waals surface area contributed by atoms with Crippen molar-refractivity contribution in [3.05, 3.63) is 0 Å². The Balaban J connectivity index is 2.63.